The van der Waals surface area contributed by atoms with Gasteiger partial charge in [0, 0.05) is 30.2 Å². The highest BCUT2D eigenvalue weighted by molar-refractivity contribution is 5.80. The maximum atomic E-state index is 5.78. The second-order valence-electron chi connectivity index (χ2n) is 5.49. The number of benzene rings is 2. The first kappa shape index (κ1) is 13.5. The predicted molar refractivity (Wildman–Crippen MR) is 92.9 cm³/mol. The van der Waals surface area contributed by atoms with Crippen molar-refractivity contribution < 1.29 is 0 Å². The van der Waals surface area contributed by atoms with Gasteiger partial charge in [0.05, 0.1) is 11.0 Å². The highest BCUT2D eigenvalue weighted by atomic mass is 15.1. The fourth-order valence-corrected chi connectivity index (χ4v) is 2.76. The van der Waals surface area contributed by atoms with Gasteiger partial charge in [0.25, 0.3) is 0 Å². The van der Waals surface area contributed by atoms with Crippen molar-refractivity contribution in [1.29, 1.82) is 0 Å². The van der Waals surface area contributed by atoms with Gasteiger partial charge in [-0.05, 0) is 42.0 Å². The molecule has 2 aromatic carbocycles. The number of anilines is 1. The molecule has 4 nitrogen and oxygen atoms in total. The minimum absolute atomic E-state index is 0.741. The standard InChI is InChI=1S/C19H16N4/c20-16-9-7-14(8-10-16)13-23-18-6-2-1-5-17(18)22-19(23)15-4-3-11-21-12-15/h1-12H,13,20H2. The van der Waals surface area contributed by atoms with Gasteiger partial charge >= 0.3 is 0 Å². The lowest BCUT2D eigenvalue weighted by molar-refractivity contribution is 0.834. The van der Waals surface area contributed by atoms with E-state index in [9.17, 15) is 0 Å². The largest absolute Gasteiger partial charge is 0.399 e. The number of nitrogen functional groups attached to an aromatic ring is 1. The van der Waals surface area contributed by atoms with E-state index in [-0.39, 0.29) is 0 Å². The van der Waals surface area contributed by atoms with Crippen LogP contribution in [0.3, 0.4) is 0 Å². The number of rotatable bonds is 3. The Kier molecular flexibility index (Phi) is 3.27. The summed E-state index contributed by atoms with van der Waals surface area (Å²) in [6, 6.07) is 20.1. The first-order valence-corrected chi connectivity index (χ1v) is 7.51. The van der Waals surface area contributed by atoms with Crippen molar-refractivity contribution in [3.63, 3.8) is 0 Å². The molecule has 23 heavy (non-hydrogen) atoms. The summed E-state index contributed by atoms with van der Waals surface area (Å²) in [6.07, 6.45) is 3.62. The zero-order valence-corrected chi connectivity index (χ0v) is 12.6. The van der Waals surface area contributed by atoms with Gasteiger partial charge in [-0.2, -0.15) is 0 Å². The molecule has 0 amide bonds. The van der Waals surface area contributed by atoms with Gasteiger partial charge in [-0.15, -0.1) is 0 Å². The van der Waals surface area contributed by atoms with Crippen LogP contribution in [0.2, 0.25) is 0 Å². The Balaban J connectivity index is 1.87. The molecule has 4 rings (SSSR count). The van der Waals surface area contributed by atoms with Gasteiger partial charge in [0.2, 0.25) is 0 Å². The van der Waals surface area contributed by atoms with Crippen molar-refractivity contribution in [1.82, 2.24) is 14.5 Å². The highest BCUT2D eigenvalue weighted by Crippen LogP contribution is 2.25. The van der Waals surface area contributed by atoms with E-state index < -0.39 is 0 Å². The Labute approximate surface area is 134 Å². The van der Waals surface area contributed by atoms with Crippen molar-refractivity contribution in [3.05, 3.63) is 78.6 Å². The molecule has 4 heteroatoms. The summed E-state index contributed by atoms with van der Waals surface area (Å²) in [5, 5.41) is 0. The smallest absolute Gasteiger partial charge is 0.143 e. The number of hydrogen-bond donors (Lipinski definition) is 1. The molecule has 0 bridgehead atoms. The third kappa shape index (κ3) is 2.55. The number of para-hydroxylation sites is 2. The van der Waals surface area contributed by atoms with Gasteiger partial charge in [0.15, 0.2) is 0 Å². The fourth-order valence-electron chi connectivity index (χ4n) is 2.76. The summed E-state index contributed by atoms with van der Waals surface area (Å²) in [5.74, 6) is 0.927. The van der Waals surface area contributed by atoms with Crippen LogP contribution >= 0.6 is 0 Å². The Morgan fingerprint density at radius 1 is 0.913 bits per heavy atom. The molecule has 4 aromatic rings. The van der Waals surface area contributed by atoms with E-state index in [4.69, 9.17) is 10.7 Å². The first-order valence-electron chi connectivity index (χ1n) is 7.51. The predicted octanol–water partition coefficient (Wildman–Crippen LogP) is 3.73. The zero-order chi connectivity index (χ0) is 15.6. The lowest BCUT2D eigenvalue weighted by atomic mass is 10.2. The second-order valence-corrected chi connectivity index (χ2v) is 5.49. The number of nitrogens with two attached hydrogens (primary N) is 1. The monoisotopic (exact) mass is 300 g/mol. The third-order valence-electron chi connectivity index (χ3n) is 3.89. The van der Waals surface area contributed by atoms with E-state index in [0.717, 1.165) is 34.7 Å². The van der Waals surface area contributed by atoms with Crippen molar-refractivity contribution in [3.8, 4) is 11.4 Å². The molecule has 0 saturated carbocycles. The summed E-state index contributed by atoms with van der Waals surface area (Å²) < 4.78 is 2.22. The average molecular weight is 300 g/mol. The molecule has 0 atom stereocenters. The molecule has 2 N–H and O–H groups in total. The molecular formula is C19H16N4. The number of aromatic nitrogens is 3. The summed E-state index contributed by atoms with van der Waals surface area (Å²) in [4.78, 5) is 9.02. The Bertz CT molecular complexity index is 940. The average Bonchev–Trinajstić information content (AvgIpc) is 2.96. The molecular weight excluding hydrogens is 284 g/mol. The van der Waals surface area contributed by atoms with Crippen molar-refractivity contribution in [2.45, 2.75) is 6.54 Å². The number of fused-ring (bicyclic) bond motifs is 1. The van der Waals surface area contributed by atoms with E-state index >= 15 is 0 Å². The van der Waals surface area contributed by atoms with Crippen molar-refractivity contribution >= 4 is 16.7 Å². The molecule has 2 heterocycles. The van der Waals surface area contributed by atoms with Crippen LogP contribution in [-0.4, -0.2) is 14.5 Å². The first-order chi connectivity index (χ1) is 11.3. The Hall–Kier alpha value is -3.14. The summed E-state index contributed by atoms with van der Waals surface area (Å²) in [6.45, 7) is 0.741. The minimum Gasteiger partial charge on any atom is -0.399 e. The lowest BCUT2D eigenvalue weighted by Crippen LogP contribution is -2.02. The van der Waals surface area contributed by atoms with E-state index in [2.05, 4.69) is 27.8 Å². The van der Waals surface area contributed by atoms with Gasteiger partial charge in [-0.1, -0.05) is 24.3 Å². The normalized spacial score (nSPS) is 11.0. The zero-order valence-electron chi connectivity index (χ0n) is 12.6. The van der Waals surface area contributed by atoms with Gasteiger partial charge in [-0.25, -0.2) is 4.98 Å². The number of imidazole rings is 1. The number of nitrogens with zero attached hydrogens (tertiary/aromatic N) is 3. The fraction of sp³-hybridized carbons (Fsp3) is 0.0526. The van der Waals surface area contributed by atoms with Crippen LogP contribution in [0.25, 0.3) is 22.4 Å². The van der Waals surface area contributed by atoms with E-state index in [0.29, 0.717) is 0 Å². The molecule has 2 aromatic heterocycles. The molecule has 0 aliphatic rings. The molecule has 112 valence electrons. The summed E-state index contributed by atoms with van der Waals surface area (Å²) >= 11 is 0. The van der Waals surface area contributed by atoms with Gasteiger partial charge < -0.3 is 10.3 Å². The molecule has 0 fully saturated rings. The SMILES string of the molecule is Nc1ccc(Cn2c(-c3cccnc3)nc3ccccc32)cc1. The molecule has 0 unspecified atom stereocenters. The topological polar surface area (TPSA) is 56.7 Å². The maximum absolute atomic E-state index is 5.78. The van der Waals surface area contributed by atoms with Crippen molar-refractivity contribution in [2.75, 3.05) is 5.73 Å². The highest BCUT2D eigenvalue weighted by Gasteiger charge is 2.12. The van der Waals surface area contributed by atoms with Crippen LogP contribution in [0, 0.1) is 0 Å². The molecule has 0 aliphatic carbocycles. The summed E-state index contributed by atoms with van der Waals surface area (Å²) in [5.41, 5.74) is 10.9. The van der Waals surface area contributed by atoms with Crippen LogP contribution in [-0.2, 0) is 6.54 Å². The van der Waals surface area contributed by atoms with Gasteiger partial charge in [0.1, 0.15) is 5.82 Å². The van der Waals surface area contributed by atoms with Crippen LogP contribution in [0.15, 0.2) is 73.1 Å². The van der Waals surface area contributed by atoms with Crippen molar-refractivity contribution in [2.24, 2.45) is 0 Å². The number of pyridine rings is 1. The molecule has 0 aliphatic heterocycles. The lowest BCUT2D eigenvalue weighted by Gasteiger charge is -2.09. The molecule has 0 radical (unpaired) electrons. The number of hydrogen-bond acceptors (Lipinski definition) is 3. The minimum atomic E-state index is 0.741. The van der Waals surface area contributed by atoms with Crippen LogP contribution in [0.5, 0.6) is 0 Å². The van der Waals surface area contributed by atoms with E-state index in [1.165, 1.54) is 5.56 Å². The Morgan fingerprint density at radius 3 is 2.52 bits per heavy atom. The Morgan fingerprint density at radius 2 is 1.74 bits per heavy atom. The van der Waals surface area contributed by atoms with E-state index in [1.807, 2.05) is 48.7 Å². The summed E-state index contributed by atoms with van der Waals surface area (Å²) in [7, 11) is 0. The van der Waals surface area contributed by atoms with Gasteiger partial charge in [-0.3, -0.25) is 4.98 Å². The van der Waals surface area contributed by atoms with Crippen LogP contribution < -0.4 is 5.73 Å². The quantitative estimate of drug-likeness (QED) is 0.587. The molecule has 0 spiro atoms. The van der Waals surface area contributed by atoms with Crippen LogP contribution in [0.4, 0.5) is 5.69 Å². The van der Waals surface area contributed by atoms with Crippen LogP contribution in [0.1, 0.15) is 5.56 Å². The molecule has 0 saturated heterocycles. The second kappa shape index (κ2) is 5.57. The maximum Gasteiger partial charge on any atom is 0.143 e. The third-order valence-corrected chi connectivity index (χ3v) is 3.89. The van der Waals surface area contributed by atoms with E-state index in [1.54, 1.807) is 6.20 Å².